The molecule has 116 valence electrons. The van der Waals surface area contributed by atoms with Crippen molar-refractivity contribution in [3.8, 4) is 5.75 Å². The van der Waals surface area contributed by atoms with Crippen molar-refractivity contribution in [2.24, 2.45) is 0 Å². The van der Waals surface area contributed by atoms with E-state index in [1.54, 1.807) is 18.4 Å². The van der Waals surface area contributed by atoms with E-state index in [1.165, 1.54) is 0 Å². The maximum Gasteiger partial charge on any atom is 0.223 e. The fourth-order valence-corrected chi connectivity index (χ4v) is 5.02. The van der Waals surface area contributed by atoms with Gasteiger partial charge in [0, 0.05) is 26.1 Å². The average Bonchev–Trinajstić information content (AvgIpc) is 2.76. The first-order valence-electron chi connectivity index (χ1n) is 7.24. The third kappa shape index (κ3) is 2.62. The van der Waals surface area contributed by atoms with Gasteiger partial charge >= 0.3 is 0 Å². The predicted octanol–water partition coefficient (Wildman–Crippen LogP) is 3.75. The number of amides is 1. The standard InChI is InChI=1S/C15H20BrNO3S/c1-15(2)14(19-3)12(17-7-5-4-6-11(17)18)13-9(20-15)8-10(16)21-13/h8,12,14H,4-7H2,1-3H3/t12-,14+/m1/s1. The van der Waals surface area contributed by atoms with Crippen molar-refractivity contribution in [2.75, 3.05) is 13.7 Å². The van der Waals surface area contributed by atoms with Crippen LogP contribution in [0.15, 0.2) is 9.85 Å². The quantitative estimate of drug-likeness (QED) is 0.792. The second-order valence-electron chi connectivity index (χ2n) is 6.13. The molecule has 3 heterocycles. The van der Waals surface area contributed by atoms with E-state index < -0.39 is 5.60 Å². The van der Waals surface area contributed by atoms with Crippen LogP contribution < -0.4 is 4.74 Å². The number of piperidine rings is 1. The van der Waals surface area contributed by atoms with Crippen LogP contribution in [0, 0.1) is 0 Å². The molecule has 1 amide bonds. The number of ether oxygens (including phenoxy) is 2. The zero-order chi connectivity index (χ0) is 15.2. The molecule has 1 aromatic rings. The van der Waals surface area contributed by atoms with Gasteiger partial charge in [-0.3, -0.25) is 4.79 Å². The Hall–Kier alpha value is -0.590. The van der Waals surface area contributed by atoms with Gasteiger partial charge in [-0.1, -0.05) is 0 Å². The number of thiophene rings is 1. The molecule has 0 spiro atoms. The second kappa shape index (κ2) is 5.56. The first-order valence-corrected chi connectivity index (χ1v) is 8.85. The van der Waals surface area contributed by atoms with Gasteiger partial charge in [-0.05, 0) is 42.6 Å². The lowest BCUT2D eigenvalue weighted by atomic mass is 9.88. The Balaban J connectivity index is 2.07. The molecule has 6 heteroatoms. The topological polar surface area (TPSA) is 38.8 Å². The largest absolute Gasteiger partial charge is 0.484 e. The number of hydrogen-bond acceptors (Lipinski definition) is 4. The molecule has 21 heavy (non-hydrogen) atoms. The maximum absolute atomic E-state index is 12.4. The van der Waals surface area contributed by atoms with Crippen molar-refractivity contribution >= 4 is 33.2 Å². The van der Waals surface area contributed by atoms with Crippen LogP contribution in [-0.4, -0.2) is 36.2 Å². The minimum atomic E-state index is -0.468. The van der Waals surface area contributed by atoms with Crippen molar-refractivity contribution in [1.29, 1.82) is 0 Å². The summed E-state index contributed by atoms with van der Waals surface area (Å²) < 4.78 is 12.9. The molecule has 0 saturated carbocycles. The van der Waals surface area contributed by atoms with Crippen molar-refractivity contribution < 1.29 is 14.3 Å². The van der Waals surface area contributed by atoms with Gasteiger partial charge in [-0.2, -0.15) is 0 Å². The highest BCUT2D eigenvalue weighted by Gasteiger charge is 2.49. The van der Waals surface area contributed by atoms with Crippen molar-refractivity contribution in [3.63, 3.8) is 0 Å². The molecule has 0 aliphatic carbocycles. The van der Waals surface area contributed by atoms with Crippen molar-refractivity contribution in [2.45, 2.75) is 50.9 Å². The highest BCUT2D eigenvalue weighted by Crippen LogP contribution is 2.49. The van der Waals surface area contributed by atoms with Crippen LogP contribution in [0.1, 0.15) is 44.0 Å². The number of likely N-dealkylation sites (tertiary alicyclic amines) is 1. The van der Waals surface area contributed by atoms with Crippen LogP contribution in [0.25, 0.3) is 0 Å². The third-order valence-electron chi connectivity index (χ3n) is 4.26. The van der Waals surface area contributed by atoms with E-state index in [0.717, 1.165) is 33.8 Å². The maximum atomic E-state index is 12.4. The molecule has 0 unspecified atom stereocenters. The monoisotopic (exact) mass is 373 g/mol. The second-order valence-corrected chi connectivity index (χ2v) is 8.59. The van der Waals surface area contributed by atoms with Crippen LogP contribution in [-0.2, 0) is 9.53 Å². The van der Waals surface area contributed by atoms with Gasteiger partial charge in [0.05, 0.1) is 14.7 Å². The Morgan fingerprint density at radius 2 is 2.24 bits per heavy atom. The minimum Gasteiger partial charge on any atom is -0.484 e. The summed E-state index contributed by atoms with van der Waals surface area (Å²) in [5, 5.41) is 0. The normalized spacial score (nSPS) is 28.2. The Morgan fingerprint density at radius 1 is 1.48 bits per heavy atom. The summed E-state index contributed by atoms with van der Waals surface area (Å²) >= 11 is 5.16. The highest BCUT2D eigenvalue weighted by molar-refractivity contribution is 9.11. The fourth-order valence-electron chi connectivity index (χ4n) is 3.34. The molecule has 4 nitrogen and oxygen atoms in total. The molecular weight excluding hydrogens is 354 g/mol. The summed E-state index contributed by atoms with van der Waals surface area (Å²) in [7, 11) is 1.70. The summed E-state index contributed by atoms with van der Waals surface area (Å²) in [5.41, 5.74) is -0.468. The summed E-state index contributed by atoms with van der Waals surface area (Å²) in [6.45, 7) is 4.85. The van der Waals surface area contributed by atoms with Gasteiger partial charge < -0.3 is 14.4 Å². The number of hydrogen-bond donors (Lipinski definition) is 0. The van der Waals surface area contributed by atoms with E-state index in [2.05, 4.69) is 15.9 Å². The van der Waals surface area contributed by atoms with Crippen LogP contribution in [0.2, 0.25) is 0 Å². The Morgan fingerprint density at radius 3 is 2.90 bits per heavy atom. The van der Waals surface area contributed by atoms with Crippen LogP contribution in [0.5, 0.6) is 5.75 Å². The lowest BCUT2D eigenvalue weighted by Crippen LogP contribution is -2.55. The summed E-state index contributed by atoms with van der Waals surface area (Å²) in [6.07, 6.45) is 2.51. The number of fused-ring (bicyclic) bond motifs is 1. The molecule has 1 aromatic heterocycles. The summed E-state index contributed by atoms with van der Waals surface area (Å²) in [4.78, 5) is 15.5. The summed E-state index contributed by atoms with van der Waals surface area (Å²) in [5.74, 6) is 1.09. The van der Waals surface area contributed by atoms with E-state index in [4.69, 9.17) is 9.47 Å². The van der Waals surface area contributed by atoms with Crippen LogP contribution in [0.3, 0.4) is 0 Å². The van der Waals surface area contributed by atoms with Gasteiger partial charge in [0.15, 0.2) is 0 Å². The van der Waals surface area contributed by atoms with E-state index in [9.17, 15) is 4.79 Å². The predicted molar refractivity (Wildman–Crippen MR) is 85.8 cm³/mol. The average molecular weight is 374 g/mol. The molecule has 1 saturated heterocycles. The Kier molecular flexibility index (Phi) is 4.05. The van der Waals surface area contributed by atoms with Crippen LogP contribution in [0.4, 0.5) is 0 Å². The molecule has 2 aliphatic rings. The molecule has 1 fully saturated rings. The first kappa shape index (κ1) is 15.3. The molecule has 2 aliphatic heterocycles. The molecule has 3 rings (SSSR count). The molecule has 0 aromatic carbocycles. The molecular formula is C15H20BrNO3S. The van der Waals surface area contributed by atoms with Crippen molar-refractivity contribution in [3.05, 3.63) is 14.7 Å². The van der Waals surface area contributed by atoms with Gasteiger partial charge in [0.1, 0.15) is 17.5 Å². The highest BCUT2D eigenvalue weighted by atomic mass is 79.9. The molecule has 0 N–H and O–H groups in total. The molecule has 2 atom stereocenters. The lowest BCUT2D eigenvalue weighted by Gasteiger charge is -2.47. The first-order chi connectivity index (χ1) is 9.94. The SMILES string of the molecule is CO[C@H]1[C@H](N2CCCCC2=O)c2sc(Br)cc2OC1(C)C. The number of carbonyl (C=O) groups is 1. The molecule has 0 bridgehead atoms. The smallest absolute Gasteiger partial charge is 0.223 e. The number of halogens is 1. The lowest BCUT2D eigenvalue weighted by molar-refractivity contribution is -0.150. The van der Waals surface area contributed by atoms with Gasteiger partial charge in [0.2, 0.25) is 5.91 Å². The molecule has 0 radical (unpaired) electrons. The summed E-state index contributed by atoms with van der Waals surface area (Å²) in [6, 6.07) is 1.94. The Labute approximate surface area is 137 Å². The minimum absolute atomic E-state index is 0.0575. The van der Waals surface area contributed by atoms with Crippen molar-refractivity contribution in [1.82, 2.24) is 4.90 Å². The number of carbonyl (C=O) groups excluding carboxylic acids is 1. The fraction of sp³-hybridized carbons (Fsp3) is 0.667. The zero-order valence-electron chi connectivity index (χ0n) is 12.5. The van der Waals surface area contributed by atoms with Gasteiger partial charge in [0.25, 0.3) is 0 Å². The van der Waals surface area contributed by atoms with E-state index in [0.29, 0.717) is 6.42 Å². The number of methoxy groups -OCH3 is 1. The van der Waals surface area contributed by atoms with E-state index in [-0.39, 0.29) is 18.1 Å². The van der Waals surface area contributed by atoms with Crippen LogP contribution >= 0.6 is 27.3 Å². The van der Waals surface area contributed by atoms with Gasteiger partial charge in [-0.25, -0.2) is 0 Å². The third-order valence-corrected chi connectivity index (χ3v) is 5.95. The number of rotatable bonds is 2. The van der Waals surface area contributed by atoms with E-state index >= 15 is 0 Å². The Bertz CT molecular complexity index is 557. The number of nitrogens with zero attached hydrogens (tertiary/aromatic N) is 1. The van der Waals surface area contributed by atoms with Gasteiger partial charge in [-0.15, -0.1) is 11.3 Å². The van der Waals surface area contributed by atoms with E-state index in [1.807, 2.05) is 24.8 Å². The zero-order valence-corrected chi connectivity index (χ0v) is 14.9.